The Balaban J connectivity index is 1.52. The maximum Gasteiger partial charge on any atom is 0.213 e. The highest BCUT2D eigenvalue weighted by atomic mass is 35.5. The number of ether oxygens (including phenoxy) is 3. The highest BCUT2D eigenvalue weighted by Crippen LogP contribution is 2.39. The second-order valence-corrected chi connectivity index (χ2v) is 7.25. The normalized spacial score (nSPS) is 21.3. The van der Waals surface area contributed by atoms with Gasteiger partial charge < -0.3 is 14.2 Å². The minimum atomic E-state index is -0.845. The quantitative estimate of drug-likeness (QED) is 0.529. The van der Waals surface area contributed by atoms with Crippen molar-refractivity contribution in [3.05, 3.63) is 65.5 Å². The van der Waals surface area contributed by atoms with Crippen molar-refractivity contribution in [3.63, 3.8) is 0 Å². The van der Waals surface area contributed by atoms with Crippen molar-refractivity contribution in [2.45, 2.75) is 18.6 Å². The zero-order valence-corrected chi connectivity index (χ0v) is 15.6. The van der Waals surface area contributed by atoms with Gasteiger partial charge in [0.15, 0.2) is 0 Å². The zero-order chi connectivity index (χ0) is 18.0. The van der Waals surface area contributed by atoms with Crippen LogP contribution in [0, 0.1) is 5.92 Å². The molecule has 1 aromatic heterocycles. The molecule has 0 amide bonds. The van der Waals surface area contributed by atoms with Crippen LogP contribution in [0.25, 0.3) is 0 Å². The summed E-state index contributed by atoms with van der Waals surface area (Å²) in [5.41, 5.74) is 0.738. The minimum Gasteiger partial charge on any atom is -0.456 e. The summed E-state index contributed by atoms with van der Waals surface area (Å²) in [5, 5.41) is 0.669. The van der Waals surface area contributed by atoms with E-state index >= 15 is 0 Å². The Morgan fingerprint density at radius 3 is 2.46 bits per heavy atom. The van der Waals surface area contributed by atoms with Gasteiger partial charge in [0.1, 0.15) is 11.5 Å². The second kappa shape index (κ2) is 7.45. The first-order valence-electron chi connectivity index (χ1n) is 8.52. The molecule has 0 N–H and O–H groups in total. The molecule has 1 aromatic carbocycles. The summed E-state index contributed by atoms with van der Waals surface area (Å²) in [7, 11) is 0. The number of benzene rings is 1. The van der Waals surface area contributed by atoms with E-state index in [1.54, 1.807) is 18.3 Å². The maximum absolute atomic E-state index is 5.97. The monoisotopic (exact) mass is 387 g/mol. The molecule has 2 heterocycles. The number of thiocarbonyl (C=S) groups is 1. The van der Waals surface area contributed by atoms with Crippen molar-refractivity contribution in [1.82, 2.24) is 4.98 Å². The van der Waals surface area contributed by atoms with Gasteiger partial charge in [-0.3, -0.25) is 4.98 Å². The standard InChI is InChI=1S/C20H18ClNO3S/c21-15-4-6-16(7-5-15)25-17-8-9-19(22-13-17)20(23-10-11-24-20)12-14-2-1-3-18(14)26/h1-2,4-9,13-14H,3,10-12H2. The molecule has 1 aliphatic carbocycles. The van der Waals surface area contributed by atoms with Crippen LogP contribution in [-0.2, 0) is 15.3 Å². The molecular weight excluding hydrogens is 370 g/mol. The first-order chi connectivity index (χ1) is 12.6. The molecule has 4 nitrogen and oxygen atoms in total. The Labute approximate surface area is 162 Å². The molecule has 0 radical (unpaired) electrons. The number of rotatable bonds is 5. The van der Waals surface area contributed by atoms with Crippen molar-refractivity contribution < 1.29 is 14.2 Å². The summed E-state index contributed by atoms with van der Waals surface area (Å²) in [6.45, 7) is 1.10. The predicted molar refractivity (Wildman–Crippen MR) is 104 cm³/mol. The van der Waals surface area contributed by atoms with E-state index < -0.39 is 5.79 Å². The molecule has 134 valence electrons. The Kier molecular flexibility index (Phi) is 5.05. The first-order valence-corrected chi connectivity index (χ1v) is 9.30. The van der Waals surface area contributed by atoms with E-state index in [4.69, 9.17) is 38.0 Å². The van der Waals surface area contributed by atoms with Crippen LogP contribution in [0.3, 0.4) is 0 Å². The maximum atomic E-state index is 5.97. The second-order valence-electron chi connectivity index (χ2n) is 6.29. The molecule has 1 atom stereocenters. The highest BCUT2D eigenvalue weighted by molar-refractivity contribution is 7.80. The third-order valence-electron chi connectivity index (χ3n) is 4.52. The molecule has 1 saturated heterocycles. The van der Waals surface area contributed by atoms with Crippen molar-refractivity contribution >= 4 is 28.7 Å². The Morgan fingerprint density at radius 2 is 1.85 bits per heavy atom. The smallest absolute Gasteiger partial charge is 0.213 e. The third-order valence-corrected chi connectivity index (χ3v) is 5.24. The number of hydrogen-bond acceptors (Lipinski definition) is 5. The Hall–Kier alpha value is -1.79. The molecular formula is C20H18ClNO3S. The zero-order valence-electron chi connectivity index (χ0n) is 14.1. The molecule has 1 aliphatic heterocycles. The van der Waals surface area contributed by atoms with Crippen LogP contribution >= 0.6 is 23.8 Å². The molecule has 26 heavy (non-hydrogen) atoms. The molecule has 2 aliphatic rings. The van der Waals surface area contributed by atoms with Crippen LogP contribution in [0.15, 0.2) is 54.7 Å². The van der Waals surface area contributed by atoms with Crippen molar-refractivity contribution in [3.8, 4) is 11.5 Å². The summed E-state index contributed by atoms with van der Waals surface area (Å²) in [5.74, 6) is 0.672. The molecule has 1 unspecified atom stereocenters. The number of pyridine rings is 1. The Morgan fingerprint density at radius 1 is 1.12 bits per heavy atom. The van der Waals surface area contributed by atoms with Gasteiger partial charge in [0.05, 0.1) is 25.1 Å². The molecule has 1 fully saturated rings. The van der Waals surface area contributed by atoms with E-state index in [1.165, 1.54) is 0 Å². The molecule has 4 rings (SSSR count). The minimum absolute atomic E-state index is 0.176. The summed E-state index contributed by atoms with van der Waals surface area (Å²) in [6, 6.07) is 10.9. The average molecular weight is 388 g/mol. The lowest BCUT2D eigenvalue weighted by Gasteiger charge is -2.29. The van der Waals surface area contributed by atoms with Crippen molar-refractivity contribution in [2.75, 3.05) is 13.2 Å². The largest absolute Gasteiger partial charge is 0.456 e. The van der Waals surface area contributed by atoms with Crippen molar-refractivity contribution in [1.29, 1.82) is 0 Å². The van der Waals surface area contributed by atoms with Gasteiger partial charge in [-0.15, -0.1) is 0 Å². The summed E-state index contributed by atoms with van der Waals surface area (Å²) in [4.78, 5) is 5.56. The fraction of sp³-hybridized carbons (Fsp3) is 0.300. The topological polar surface area (TPSA) is 40.6 Å². The lowest BCUT2D eigenvalue weighted by molar-refractivity contribution is -0.176. The van der Waals surface area contributed by atoms with Crippen LogP contribution in [0.5, 0.6) is 11.5 Å². The van der Waals surface area contributed by atoms with Crippen LogP contribution in [0.4, 0.5) is 0 Å². The van der Waals surface area contributed by atoms with E-state index in [0.29, 0.717) is 36.2 Å². The predicted octanol–water partition coefficient (Wildman–Crippen LogP) is 5.06. The molecule has 2 aromatic rings. The molecule has 0 bridgehead atoms. The SMILES string of the molecule is S=C1CC=CC1CC1(c2ccc(Oc3ccc(Cl)cc3)cn2)OCCO1. The molecule has 0 spiro atoms. The van der Waals surface area contributed by atoms with Gasteiger partial charge in [-0.1, -0.05) is 36.0 Å². The summed E-state index contributed by atoms with van der Waals surface area (Å²) in [6.07, 6.45) is 7.41. The van der Waals surface area contributed by atoms with E-state index in [9.17, 15) is 0 Å². The van der Waals surface area contributed by atoms with Gasteiger partial charge in [0, 0.05) is 22.2 Å². The van der Waals surface area contributed by atoms with Crippen LogP contribution in [-0.4, -0.2) is 23.1 Å². The summed E-state index contributed by atoms with van der Waals surface area (Å²) < 4.78 is 17.7. The lowest BCUT2D eigenvalue weighted by atomic mass is 9.95. The van der Waals surface area contributed by atoms with Gasteiger partial charge in [0.25, 0.3) is 0 Å². The number of hydrogen-bond donors (Lipinski definition) is 0. The van der Waals surface area contributed by atoms with E-state index in [0.717, 1.165) is 17.0 Å². The third kappa shape index (κ3) is 3.67. The van der Waals surface area contributed by atoms with Crippen molar-refractivity contribution in [2.24, 2.45) is 5.92 Å². The lowest BCUT2D eigenvalue weighted by Crippen LogP contribution is -2.32. The average Bonchev–Trinajstić information content (AvgIpc) is 3.28. The Bertz CT molecular complexity index is 814. The number of aromatic nitrogens is 1. The van der Waals surface area contributed by atoms with Gasteiger partial charge >= 0.3 is 0 Å². The fourth-order valence-corrected chi connectivity index (χ4v) is 3.59. The van der Waals surface area contributed by atoms with E-state index in [2.05, 4.69) is 17.1 Å². The number of allylic oxidation sites excluding steroid dienone is 2. The van der Waals surface area contributed by atoms with Gasteiger partial charge in [-0.05, 0) is 42.8 Å². The van der Waals surface area contributed by atoms with Gasteiger partial charge in [0.2, 0.25) is 5.79 Å². The van der Waals surface area contributed by atoms with Gasteiger partial charge in [-0.25, -0.2) is 0 Å². The number of halogens is 1. The summed E-state index contributed by atoms with van der Waals surface area (Å²) >= 11 is 11.3. The van der Waals surface area contributed by atoms with E-state index in [1.807, 2.05) is 24.3 Å². The highest BCUT2D eigenvalue weighted by Gasteiger charge is 2.42. The first kappa shape index (κ1) is 17.6. The number of nitrogens with zero attached hydrogens (tertiary/aromatic N) is 1. The van der Waals surface area contributed by atoms with Crippen LogP contribution < -0.4 is 4.74 Å². The van der Waals surface area contributed by atoms with Crippen LogP contribution in [0.2, 0.25) is 5.02 Å². The fourth-order valence-electron chi connectivity index (χ4n) is 3.21. The van der Waals surface area contributed by atoms with Crippen LogP contribution in [0.1, 0.15) is 18.5 Å². The molecule has 0 saturated carbocycles. The molecule has 6 heteroatoms. The van der Waals surface area contributed by atoms with Gasteiger partial charge in [-0.2, -0.15) is 0 Å². The van der Waals surface area contributed by atoms with E-state index in [-0.39, 0.29) is 5.92 Å².